The van der Waals surface area contributed by atoms with E-state index in [9.17, 15) is 0 Å². The molecule has 18 heavy (non-hydrogen) atoms. The van der Waals surface area contributed by atoms with Crippen molar-refractivity contribution in [1.82, 2.24) is 14.9 Å². The molecule has 0 saturated carbocycles. The fourth-order valence-electron chi connectivity index (χ4n) is 1.73. The highest BCUT2D eigenvalue weighted by atomic mass is 16.5. The van der Waals surface area contributed by atoms with Crippen LogP contribution in [0.1, 0.15) is 19.7 Å². The second kappa shape index (κ2) is 6.54. The number of nitrogens with one attached hydrogen (secondary N) is 1. The van der Waals surface area contributed by atoms with Gasteiger partial charge < -0.3 is 15.0 Å². The van der Waals surface area contributed by atoms with Crippen molar-refractivity contribution in [3.8, 4) is 5.88 Å². The van der Waals surface area contributed by atoms with Crippen molar-refractivity contribution in [2.75, 3.05) is 33.1 Å². The minimum Gasteiger partial charge on any atom is -0.481 e. The van der Waals surface area contributed by atoms with Crippen LogP contribution in [0.25, 0.3) is 0 Å². The summed E-state index contributed by atoms with van der Waals surface area (Å²) >= 11 is 0. The second-order valence-electron chi connectivity index (χ2n) is 5.10. The number of likely N-dealkylation sites (N-methyl/N-ethyl adjacent to an activating group) is 1. The molecular weight excluding hydrogens is 228 g/mol. The zero-order valence-electron chi connectivity index (χ0n) is 12.2. The summed E-state index contributed by atoms with van der Waals surface area (Å²) in [6, 6.07) is 2.18. The van der Waals surface area contributed by atoms with Gasteiger partial charge in [-0.15, -0.1) is 0 Å². The Balaban J connectivity index is 2.82. The number of hydrogen-bond donors (Lipinski definition) is 1. The molecule has 0 amide bonds. The van der Waals surface area contributed by atoms with Crippen molar-refractivity contribution in [3.63, 3.8) is 0 Å². The number of aromatic nitrogens is 2. The molecule has 5 heteroatoms. The Bertz CT molecular complexity index is 379. The summed E-state index contributed by atoms with van der Waals surface area (Å²) in [6.07, 6.45) is 0. The molecule has 0 spiro atoms. The Morgan fingerprint density at radius 3 is 2.50 bits per heavy atom. The maximum atomic E-state index is 5.16. The van der Waals surface area contributed by atoms with Crippen molar-refractivity contribution in [1.29, 1.82) is 0 Å². The van der Waals surface area contributed by atoms with Gasteiger partial charge in [0.2, 0.25) is 5.88 Å². The monoisotopic (exact) mass is 252 g/mol. The molecule has 0 bridgehead atoms. The minimum absolute atomic E-state index is 0.346. The molecule has 0 aliphatic carbocycles. The van der Waals surface area contributed by atoms with E-state index in [4.69, 9.17) is 4.74 Å². The number of rotatable bonds is 6. The highest BCUT2D eigenvalue weighted by molar-refractivity contribution is 5.39. The molecule has 1 unspecified atom stereocenters. The Morgan fingerprint density at radius 2 is 2.00 bits per heavy atom. The Morgan fingerprint density at radius 1 is 1.33 bits per heavy atom. The molecule has 1 aromatic heterocycles. The van der Waals surface area contributed by atoms with Gasteiger partial charge in [-0.2, -0.15) is 4.98 Å². The quantitative estimate of drug-likeness (QED) is 0.836. The van der Waals surface area contributed by atoms with E-state index in [1.54, 1.807) is 7.11 Å². The number of hydrogen-bond acceptors (Lipinski definition) is 5. The van der Waals surface area contributed by atoms with Crippen molar-refractivity contribution >= 4 is 5.82 Å². The first-order chi connectivity index (χ1) is 8.42. The van der Waals surface area contributed by atoms with Crippen LogP contribution < -0.4 is 10.1 Å². The molecule has 0 fully saturated rings. The van der Waals surface area contributed by atoms with E-state index in [0.717, 1.165) is 12.4 Å². The molecule has 102 valence electrons. The van der Waals surface area contributed by atoms with Crippen LogP contribution in [0.4, 0.5) is 5.82 Å². The molecule has 1 N–H and O–H groups in total. The maximum Gasteiger partial charge on any atom is 0.218 e. The van der Waals surface area contributed by atoms with Crippen LogP contribution in [-0.4, -0.2) is 48.7 Å². The van der Waals surface area contributed by atoms with E-state index in [-0.39, 0.29) is 0 Å². The number of methoxy groups -OCH3 is 1. The molecule has 0 radical (unpaired) electrons. The minimum atomic E-state index is 0.346. The average molecular weight is 252 g/mol. The smallest absolute Gasteiger partial charge is 0.218 e. The molecule has 0 aliphatic rings. The van der Waals surface area contributed by atoms with Gasteiger partial charge in [0.1, 0.15) is 11.6 Å². The van der Waals surface area contributed by atoms with Crippen LogP contribution >= 0.6 is 0 Å². The normalized spacial score (nSPS) is 12.9. The lowest BCUT2D eigenvalue weighted by Gasteiger charge is -2.26. The first-order valence-corrected chi connectivity index (χ1v) is 6.23. The highest BCUT2D eigenvalue weighted by Crippen LogP contribution is 2.16. The van der Waals surface area contributed by atoms with Crippen molar-refractivity contribution in [3.05, 3.63) is 11.9 Å². The maximum absolute atomic E-state index is 5.16. The largest absolute Gasteiger partial charge is 0.481 e. The lowest BCUT2D eigenvalue weighted by atomic mass is 10.0. The second-order valence-corrected chi connectivity index (χ2v) is 5.10. The number of aryl methyl sites for hydroxylation is 1. The molecule has 1 atom stereocenters. The molecule has 0 aromatic carbocycles. The van der Waals surface area contributed by atoms with E-state index in [2.05, 4.69) is 48.1 Å². The van der Waals surface area contributed by atoms with Crippen LogP contribution in [0.3, 0.4) is 0 Å². The zero-order chi connectivity index (χ0) is 13.7. The zero-order valence-corrected chi connectivity index (χ0v) is 12.2. The molecule has 5 nitrogen and oxygen atoms in total. The third-order valence-corrected chi connectivity index (χ3v) is 2.72. The van der Waals surface area contributed by atoms with Crippen molar-refractivity contribution < 1.29 is 4.74 Å². The van der Waals surface area contributed by atoms with Gasteiger partial charge in [0.25, 0.3) is 0 Å². The lowest BCUT2D eigenvalue weighted by molar-refractivity contribution is 0.344. The summed E-state index contributed by atoms with van der Waals surface area (Å²) in [7, 11) is 5.76. The molecular formula is C13H24N4O. The van der Waals surface area contributed by atoms with Crippen LogP contribution in [-0.2, 0) is 0 Å². The average Bonchev–Trinajstić information content (AvgIpc) is 2.26. The standard InChI is InChI=1S/C13H24N4O/c1-9(2)11(8-17(4)5)16-12-7-13(18-6)15-10(3)14-12/h7,9,11H,8H2,1-6H3,(H,14,15,16). The Kier molecular flexibility index (Phi) is 5.34. The summed E-state index contributed by atoms with van der Waals surface area (Å²) in [4.78, 5) is 10.7. The van der Waals surface area contributed by atoms with E-state index in [1.165, 1.54) is 0 Å². The molecule has 0 saturated heterocycles. The SMILES string of the molecule is COc1cc(NC(CN(C)C)C(C)C)nc(C)n1. The van der Waals surface area contributed by atoms with Gasteiger partial charge in [0.05, 0.1) is 7.11 Å². The van der Waals surface area contributed by atoms with Gasteiger partial charge in [-0.1, -0.05) is 13.8 Å². The Hall–Kier alpha value is -1.36. The van der Waals surface area contributed by atoms with Crippen molar-refractivity contribution in [2.24, 2.45) is 5.92 Å². The van der Waals surface area contributed by atoms with E-state index in [0.29, 0.717) is 23.7 Å². The number of nitrogens with zero attached hydrogens (tertiary/aromatic N) is 3. The van der Waals surface area contributed by atoms with Gasteiger partial charge in [-0.3, -0.25) is 0 Å². The van der Waals surface area contributed by atoms with Crippen molar-refractivity contribution in [2.45, 2.75) is 26.8 Å². The molecule has 1 aromatic rings. The van der Waals surface area contributed by atoms with Gasteiger partial charge in [0, 0.05) is 18.7 Å². The van der Waals surface area contributed by atoms with Gasteiger partial charge >= 0.3 is 0 Å². The predicted molar refractivity (Wildman–Crippen MR) is 74.1 cm³/mol. The van der Waals surface area contributed by atoms with Gasteiger partial charge in [-0.25, -0.2) is 4.98 Å². The first-order valence-electron chi connectivity index (χ1n) is 6.23. The topological polar surface area (TPSA) is 50.3 Å². The summed E-state index contributed by atoms with van der Waals surface area (Å²) in [5, 5.41) is 3.45. The fraction of sp³-hybridized carbons (Fsp3) is 0.692. The summed E-state index contributed by atoms with van der Waals surface area (Å²) in [5.74, 6) is 2.65. The van der Waals surface area contributed by atoms with E-state index >= 15 is 0 Å². The first kappa shape index (κ1) is 14.7. The van der Waals surface area contributed by atoms with E-state index in [1.807, 2.05) is 13.0 Å². The third-order valence-electron chi connectivity index (χ3n) is 2.72. The number of anilines is 1. The van der Waals surface area contributed by atoms with Gasteiger partial charge in [-0.05, 0) is 26.9 Å². The summed E-state index contributed by atoms with van der Waals surface area (Å²) < 4.78 is 5.16. The lowest BCUT2D eigenvalue weighted by Crippen LogP contribution is -2.36. The van der Waals surface area contributed by atoms with Crippen LogP contribution in [0.15, 0.2) is 6.07 Å². The summed E-state index contributed by atoms with van der Waals surface area (Å²) in [5.41, 5.74) is 0. The predicted octanol–water partition coefficient (Wildman–Crippen LogP) is 1.79. The highest BCUT2D eigenvalue weighted by Gasteiger charge is 2.15. The Labute approximate surface area is 110 Å². The van der Waals surface area contributed by atoms with Crippen LogP contribution in [0.2, 0.25) is 0 Å². The van der Waals surface area contributed by atoms with Crippen LogP contribution in [0, 0.1) is 12.8 Å². The van der Waals surface area contributed by atoms with E-state index < -0.39 is 0 Å². The molecule has 0 aliphatic heterocycles. The molecule has 1 rings (SSSR count). The summed E-state index contributed by atoms with van der Waals surface area (Å²) in [6.45, 7) is 7.23. The van der Waals surface area contributed by atoms with Gasteiger partial charge in [0.15, 0.2) is 0 Å². The van der Waals surface area contributed by atoms with Crippen LogP contribution in [0.5, 0.6) is 5.88 Å². The third kappa shape index (κ3) is 4.49. The molecule has 1 heterocycles. The fourth-order valence-corrected chi connectivity index (χ4v) is 1.73. The number of ether oxygens (including phenoxy) is 1.